The van der Waals surface area contributed by atoms with E-state index < -0.39 is 0 Å². The van der Waals surface area contributed by atoms with Crippen LogP contribution in [0.4, 0.5) is 0 Å². The largest absolute Gasteiger partial charge is 0.462 e. The van der Waals surface area contributed by atoms with Crippen molar-refractivity contribution >= 4 is 29.2 Å². The maximum Gasteiger partial charge on any atom is 0.340 e. The highest BCUT2D eigenvalue weighted by Gasteiger charge is 2.29. The SMILES string of the molecule is CCOC(=O)c1c(CN2CCOCC2)c(-c2ccc(Cl)cc2)n(-c2ccc(Cl)cc2)c1C. The Morgan fingerprint density at radius 3 is 2.19 bits per heavy atom. The van der Waals surface area contributed by atoms with Crippen molar-refractivity contribution in [1.82, 2.24) is 9.47 Å². The van der Waals surface area contributed by atoms with E-state index in [1.807, 2.05) is 62.4 Å². The molecule has 1 aromatic heterocycles. The number of hydrogen-bond acceptors (Lipinski definition) is 4. The van der Waals surface area contributed by atoms with Crippen LogP contribution in [-0.4, -0.2) is 48.3 Å². The number of aromatic nitrogens is 1. The van der Waals surface area contributed by atoms with Crippen LogP contribution in [-0.2, 0) is 16.0 Å². The molecule has 1 fully saturated rings. The van der Waals surface area contributed by atoms with E-state index in [4.69, 9.17) is 32.7 Å². The number of halogens is 2. The van der Waals surface area contributed by atoms with Gasteiger partial charge in [-0.1, -0.05) is 35.3 Å². The summed E-state index contributed by atoms with van der Waals surface area (Å²) in [5, 5.41) is 1.32. The van der Waals surface area contributed by atoms with Gasteiger partial charge in [0.05, 0.1) is 31.1 Å². The smallest absolute Gasteiger partial charge is 0.340 e. The van der Waals surface area contributed by atoms with Gasteiger partial charge in [-0.2, -0.15) is 0 Å². The van der Waals surface area contributed by atoms with Crippen LogP contribution in [0.1, 0.15) is 28.5 Å². The standard InChI is InChI=1S/C25H26Cl2N2O3/c1-3-32-25(30)23-17(2)29(21-10-8-20(27)9-11-21)24(18-4-6-19(26)7-5-18)22(23)16-28-12-14-31-15-13-28/h4-11H,3,12-16H2,1-2H3. The van der Waals surface area contributed by atoms with Gasteiger partial charge in [0.1, 0.15) is 0 Å². The third kappa shape index (κ3) is 4.71. The molecular weight excluding hydrogens is 447 g/mol. The molecular formula is C25H26Cl2N2O3. The molecule has 32 heavy (non-hydrogen) atoms. The normalized spacial score (nSPS) is 14.5. The molecule has 0 bridgehead atoms. The Morgan fingerprint density at radius 1 is 1.00 bits per heavy atom. The molecule has 0 unspecified atom stereocenters. The molecule has 4 rings (SSSR count). The highest BCUT2D eigenvalue weighted by atomic mass is 35.5. The lowest BCUT2D eigenvalue weighted by Crippen LogP contribution is -2.36. The summed E-state index contributed by atoms with van der Waals surface area (Å²) in [5.41, 5.74) is 5.25. The van der Waals surface area contributed by atoms with Gasteiger partial charge in [-0.25, -0.2) is 4.79 Å². The Balaban J connectivity index is 1.96. The number of esters is 1. The molecule has 1 saturated heterocycles. The van der Waals surface area contributed by atoms with Gasteiger partial charge < -0.3 is 14.0 Å². The van der Waals surface area contributed by atoms with E-state index >= 15 is 0 Å². The monoisotopic (exact) mass is 472 g/mol. The first kappa shape index (κ1) is 22.9. The van der Waals surface area contributed by atoms with E-state index in [1.165, 1.54) is 0 Å². The summed E-state index contributed by atoms with van der Waals surface area (Å²) in [6, 6.07) is 15.3. The summed E-state index contributed by atoms with van der Waals surface area (Å²) in [6.45, 7) is 7.72. The Bertz CT molecular complexity index is 1090. The van der Waals surface area contributed by atoms with Crippen LogP contribution in [0.5, 0.6) is 0 Å². The number of hydrogen-bond donors (Lipinski definition) is 0. The summed E-state index contributed by atoms with van der Waals surface area (Å²) in [5.74, 6) is -0.309. The Labute approximate surface area is 198 Å². The lowest BCUT2D eigenvalue weighted by molar-refractivity contribution is 0.0337. The Hall–Kier alpha value is -2.31. The average molecular weight is 473 g/mol. The second kappa shape index (κ2) is 10.1. The van der Waals surface area contributed by atoms with E-state index in [2.05, 4.69) is 9.47 Å². The zero-order valence-electron chi connectivity index (χ0n) is 18.2. The van der Waals surface area contributed by atoms with Crippen LogP contribution in [0.15, 0.2) is 48.5 Å². The molecule has 1 aliphatic heterocycles. The van der Waals surface area contributed by atoms with Gasteiger partial charge in [0, 0.05) is 46.6 Å². The molecule has 168 valence electrons. The molecule has 1 aliphatic rings. The minimum atomic E-state index is -0.309. The van der Waals surface area contributed by atoms with Crippen LogP contribution in [0.3, 0.4) is 0 Å². The van der Waals surface area contributed by atoms with Crippen LogP contribution >= 0.6 is 23.2 Å². The molecule has 7 heteroatoms. The Morgan fingerprint density at radius 2 is 1.59 bits per heavy atom. The molecule has 0 atom stereocenters. The zero-order valence-corrected chi connectivity index (χ0v) is 19.7. The van der Waals surface area contributed by atoms with Crippen molar-refractivity contribution in [2.24, 2.45) is 0 Å². The molecule has 0 saturated carbocycles. The van der Waals surface area contributed by atoms with Crippen molar-refractivity contribution in [3.63, 3.8) is 0 Å². The summed E-state index contributed by atoms with van der Waals surface area (Å²) in [4.78, 5) is 15.5. The molecule has 2 heterocycles. The maximum atomic E-state index is 13.1. The lowest BCUT2D eigenvalue weighted by atomic mass is 10.0. The van der Waals surface area contributed by atoms with Crippen LogP contribution in [0.2, 0.25) is 10.0 Å². The predicted octanol–water partition coefficient (Wildman–Crippen LogP) is 5.77. The summed E-state index contributed by atoms with van der Waals surface area (Å²) >= 11 is 12.3. The van der Waals surface area contributed by atoms with Crippen molar-refractivity contribution < 1.29 is 14.3 Å². The number of rotatable bonds is 6. The molecule has 0 aliphatic carbocycles. The van der Waals surface area contributed by atoms with Gasteiger partial charge in [-0.15, -0.1) is 0 Å². The summed E-state index contributed by atoms with van der Waals surface area (Å²) < 4.78 is 13.1. The average Bonchev–Trinajstić information content (AvgIpc) is 3.07. The number of benzene rings is 2. The fourth-order valence-corrected chi connectivity index (χ4v) is 4.44. The van der Waals surface area contributed by atoms with E-state index in [-0.39, 0.29) is 5.97 Å². The highest BCUT2D eigenvalue weighted by Crippen LogP contribution is 2.37. The van der Waals surface area contributed by atoms with E-state index in [0.29, 0.717) is 42.0 Å². The van der Waals surface area contributed by atoms with Gasteiger partial charge in [0.15, 0.2) is 0 Å². The van der Waals surface area contributed by atoms with Crippen LogP contribution < -0.4 is 0 Å². The fourth-order valence-electron chi connectivity index (χ4n) is 4.19. The van der Waals surface area contributed by atoms with Crippen molar-refractivity contribution in [1.29, 1.82) is 0 Å². The van der Waals surface area contributed by atoms with Gasteiger partial charge in [-0.3, -0.25) is 4.90 Å². The number of carbonyl (C=O) groups is 1. The van der Waals surface area contributed by atoms with Crippen molar-refractivity contribution in [2.45, 2.75) is 20.4 Å². The van der Waals surface area contributed by atoms with Crippen LogP contribution in [0, 0.1) is 6.92 Å². The van der Waals surface area contributed by atoms with E-state index in [9.17, 15) is 4.79 Å². The molecule has 2 aromatic carbocycles. The number of morpholine rings is 1. The van der Waals surface area contributed by atoms with Crippen LogP contribution in [0.25, 0.3) is 16.9 Å². The van der Waals surface area contributed by atoms with Gasteiger partial charge in [0.25, 0.3) is 0 Å². The van der Waals surface area contributed by atoms with E-state index in [0.717, 1.165) is 41.3 Å². The second-order valence-corrected chi connectivity index (χ2v) is 8.59. The number of carbonyl (C=O) groups excluding carboxylic acids is 1. The van der Waals surface area contributed by atoms with Crippen molar-refractivity contribution in [3.8, 4) is 16.9 Å². The Kier molecular flexibility index (Phi) is 7.21. The third-order valence-corrected chi connectivity index (χ3v) is 6.18. The van der Waals surface area contributed by atoms with Gasteiger partial charge in [-0.05, 0) is 55.8 Å². The first-order chi connectivity index (χ1) is 15.5. The highest BCUT2D eigenvalue weighted by molar-refractivity contribution is 6.30. The van der Waals surface area contributed by atoms with Gasteiger partial charge >= 0.3 is 5.97 Å². The molecule has 5 nitrogen and oxygen atoms in total. The first-order valence-electron chi connectivity index (χ1n) is 10.7. The third-order valence-electron chi connectivity index (χ3n) is 5.68. The minimum absolute atomic E-state index is 0.309. The quantitative estimate of drug-likeness (QED) is 0.427. The first-order valence-corrected chi connectivity index (χ1v) is 11.5. The topological polar surface area (TPSA) is 43.7 Å². The van der Waals surface area contributed by atoms with Gasteiger partial charge in [0.2, 0.25) is 0 Å². The molecule has 0 amide bonds. The van der Waals surface area contributed by atoms with E-state index in [1.54, 1.807) is 0 Å². The molecule has 0 N–H and O–H groups in total. The molecule has 0 radical (unpaired) electrons. The fraction of sp³-hybridized carbons (Fsp3) is 0.320. The lowest BCUT2D eigenvalue weighted by Gasteiger charge is -2.27. The second-order valence-electron chi connectivity index (χ2n) is 7.72. The number of ether oxygens (including phenoxy) is 2. The predicted molar refractivity (Wildman–Crippen MR) is 128 cm³/mol. The zero-order chi connectivity index (χ0) is 22.7. The summed E-state index contributed by atoms with van der Waals surface area (Å²) in [7, 11) is 0. The molecule has 0 spiro atoms. The minimum Gasteiger partial charge on any atom is -0.462 e. The number of nitrogens with zero attached hydrogens (tertiary/aromatic N) is 2. The maximum absolute atomic E-state index is 13.1. The molecule has 3 aromatic rings. The van der Waals surface area contributed by atoms with Crippen molar-refractivity contribution in [3.05, 3.63) is 75.4 Å². The summed E-state index contributed by atoms with van der Waals surface area (Å²) in [6.07, 6.45) is 0. The van der Waals surface area contributed by atoms with Crippen molar-refractivity contribution in [2.75, 3.05) is 32.9 Å².